The summed E-state index contributed by atoms with van der Waals surface area (Å²) in [5, 5.41) is 0. The zero-order valence-electron chi connectivity index (χ0n) is 10.9. The van der Waals surface area contributed by atoms with Crippen LogP contribution in [-0.4, -0.2) is 27.0 Å². The maximum absolute atomic E-state index is 12.2. The molecule has 0 unspecified atom stereocenters. The molecule has 0 saturated carbocycles. The van der Waals surface area contributed by atoms with Gasteiger partial charge in [-0.1, -0.05) is 0 Å². The molecule has 106 valence electrons. The smallest absolute Gasteiger partial charge is 0.245 e. The Morgan fingerprint density at radius 1 is 1.37 bits per heavy atom. The highest BCUT2D eigenvalue weighted by molar-refractivity contribution is 7.89. The van der Waals surface area contributed by atoms with Gasteiger partial charge in [-0.15, -0.1) is 0 Å². The fourth-order valence-corrected chi connectivity index (χ4v) is 2.88. The van der Waals surface area contributed by atoms with Crippen LogP contribution in [0.1, 0.15) is 13.8 Å². The standard InChI is InChI=1S/C11H17N3O4S/c1-11(2,10(13)15)14-19(16,17)9-5-4-7(12)6-8(9)18-3/h4-6,14H,12H2,1-3H3,(H2,13,15). The van der Waals surface area contributed by atoms with Gasteiger partial charge in [-0.2, -0.15) is 4.72 Å². The van der Waals surface area contributed by atoms with E-state index in [1.54, 1.807) is 0 Å². The summed E-state index contributed by atoms with van der Waals surface area (Å²) in [7, 11) is -2.63. The van der Waals surface area contributed by atoms with E-state index >= 15 is 0 Å². The van der Waals surface area contributed by atoms with Crippen LogP contribution in [0.25, 0.3) is 0 Å². The second-order valence-corrected chi connectivity index (χ2v) is 6.16. The average Bonchev–Trinajstić information content (AvgIpc) is 2.26. The molecule has 19 heavy (non-hydrogen) atoms. The van der Waals surface area contributed by atoms with Gasteiger partial charge in [0.2, 0.25) is 15.9 Å². The fraction of sp³-hybridized carbons (Fsp3) is 0.364. The number of sulfonamides is 1. The van der Waals surface area contributed by atoms with Crippen LogP contribution >= 0.6 is 0 Å². The lowest BCUT2D eigenvalue weighted by Gasteiger charge is -2.22. The molecule has 7 nitrogen and oxygen atoms in total. The first-order valence-corrected chi connectivity index (χ1v) is 6.86. The third kappa shape index (κ3) is 3.36. The Morgan fingerprint density at radius 3 is 2.42 bits per heavy atom. The quantitative estimate of drug-likeness (QED) is 0.648. The number of carbonyl (C=O) groups excluding carboxylic acids is 1. The van der Waals surface area contributed by atoms with E-state index in [2.05, 4.69) is 4.72 Å². The lowest BCUT2D eigenvalue weighted by molar-refractivity contribution is -0.122. The average molecular weight is 287 g/mol. The number of benzene rings is 1. The van der Waals surface area contributed by atoms with Gasteiger partial charge in [-0.25, -0.2) is 8.42 Å². The number of rotatable bonds is 5. The Bertz CT molecular complexity index is 596. The van der Waals surface area contributed by atoms with Crippen LogP contribution in [0.15, 0.2) is 23.1 Å². The van der Waals surface area contributed by atoms with E-state index in [0.29, 0.717) is 5.69 Å². The Balaban J connectivity index is 3.25. The van der Waals surface area contributed by atoms with Gasteiger partial charge in [0.05, 0.1) is 7.11 Å². The Kier molecular flexibility index (Phi) is 4.06. The molecule has 1 amide bonds. The van der Waals surface area contributed by atoms with Crippen LogP contribution in [0.2, 0.25) is 0 Å². The van der Waals surface area contributed by atoms with E-state index in [4.69, 9.17) is 16.2 Å². The highest BCUT2D eigenvalue weighted by Gasteiger charge is 2.32. The van der Waals surface area contributed by atoms with Gasteiger partial charge in [0.25, 0.3) is 0 Å². The molecular weight excluding hydrogens is 270 g/mol. The first-order valence-electron chi connectivity index (χ1n) is 5.37. The first kappa shape index (κ1) is 15.3. The molecule has 0 radical (unpaired) electrons. The number of carbonyl (C=O) groups is 1. The predicted molar refractivity (Wildman–Crippen MR) is 71.0 cm³/mol. The highest BCUT2D eigenvalue weighted by Crippen LogP contribution is 2.26. The molecule has 0 heterocycles. The van der Waals surface area contributed by atoms with Gasteiger partial charge in [0, 0.05) is 11.8 Å². The number of methoxy groups -OCH3 is 1. The summed E-state index contributed by atoms with van der Waals surface area (Å²) >= 11 is 0. The second-order valence-electron chi connectivity index (χ2n) is 4.51. The Labute approximate surface area is 112 Å². The minimum absolute atomic E-state index is 0.0905. The Hall–Kier alpha value is -1.80. The van der Waals surface area contributed by atoms with Crippen molar-refractivity contribution >= 4 is 21.6 Å². The van der Waals surface area contributed by atoms with E-state index in [9.17, 15) is 13.2 Å². The van der Waals surface area contributed by atoms with Crippen LogP contribution < -0.4 is 20.9 Å². The van der Waals surface area contributed by atoms with E-state index < -0.39 is 21.5 Å². The summed E-state index contributed by atoms with van der Waals surface area (Å²) in [5.41, 5.74) is 9.64. The number of anilines is 1. The van der Waals surface area contributed by atoms with E-state index in [0.717, 1.165) is 0 Å². The van der Waals surface area contributed by atoms with Crippen molar-refractivity contribution in [2.75, 3.05) is 12.8 Å². The second kappa shape index (κ2) is 5.06. The number of hydrogen-bond acceptors (Lipinski definition) is 5. The van der Waals surface area contributed by atoms with Crippen molar-refractivity contribution in [3.05, 3.63) is 18.2 Å². The van der Waals surface area contributed by atoms with Crippen molar-refractivity contribution in [1.82, 2.24) is 4.72 Å². The molecule has 8 heteroatoms. The van der Waals surface area contributed by atoms with Crippen LogP contribution in [-0.2, 0) is 14.8 Å². The summed E-state index contributed by atoms with van der Waals surface area (Å²) in [6.07, 6.45) is 0. The summed E-state index contributed by atoms with van der Waals surface area (Å²) in [4.78, 5) is 11.1. The molecule has 0 aliphatic rings. The minimum atomic E-state index is -3.95. The first-order chi connectivity index (χ1) is 8.60. The zero-order valence-corrected chi connectivity index (χ0v) is 11.7. The fourth-order valence-electron chi connectivity index (χ4n) is 1.35. The molecule has 0 aliphatic carbocycles. The molecular formula is C11H17N3O4S. The summed E-state index contributed by atoms with van der Waals surface area (Å²) in [6.45, 7) is 2.74. The summed E-state index contributed by atoms with van der Waals surface area (Å²) in [6, 6.07) is 4.10. The van der Waals surface area contributed by atoms with Crippen molar-refractivity contribution in [1.29, 1.82) is 0 Å². The Morgan fingerprint density at radius 2 is 1.95 bits per heavy atom. The predicted octanol–water partition coefficient (Wildman–Crippen LogP) is -0.180. The molecule has 0 fully saturated rings. The SMILES string of the molecule is COc1cc(N)ccc1S(=O)(=O)NC(C)(C)C(N)=O. The monoisotopic (exact) mass is 287 g/mol. The minimum Gasteiger partial charge on any atom is -0.495 e. The van der Waals surface area contributed by atoms with Crippen LogP contribution in [0.5, 0.6) is 5.75 Å². The van der Waals surface area contributed by atoms with Crippen LogP contribution in [0, 0.1) is 0 Å². The number of nitrogen functional groups attached to an aromatic ring is 1. The molecule has 0 aromatic heterocycles. The third-order valence-electron chi connectivity index (χ3n) is 2.48. The molecule has 0 spiro atoms. The van der Waals surface area contributed by atoms with Gasteiger partial charge >= 0.3 is 0 Å². The zero-order chi connectivity index (χ0) is 14.8. The molecule has 0 bridgehead atoms. The van der Waals surface area contributed by atoms with Gasteiger partial charge in [0.1, 0.15) is 16.2 Å². The highest BCUT2D eigenvalue weighted by atomic mass is 32.2. The lowest BCUT2D eigenvalue weighted by atomic mass is 10.1. The number of hydrogen-bond donors (Lipinski definition) is 3. The lowest BCUT2D eigenvalue weighted by Crippen LogP contribution is -2.52. The van der Waals surface area contributed by atoms with E-state index in [1.165, 1.54) is 39.2 Å². The van der Waals surface area contributed by atoms with Crippen molar-refractivity contribution in [2.24, 2.45) is 5.73 Å². The number of nitrogens with one attached hydrogen (secondary N) is 1. The van der Waals surface area contributed by atoms with Crippen LogP contribution in [0.4, 0.5) is 5.69 Å². The third-order valence-corrected chi connectivity index (χ3v) is 4.18. The number of primary amides is 1. The molecule has 5 N–H and O–H groups in total. The van der Waals surface area contributed by atoms with Gasteiger partial charge in [-0.05, 0) is 26.0 Å². The van der Waals surface area contributed by atoms with Crippen LogP contribution in [0.3, 0.4) is 0 Å². The largest absolute Gasteiger partial charge is 0.495 e. The number of ether oxygens (including phenoxy) is 1. The topological polar surface area (TPSA) is 125 Å². The number of amides is 1. The van der Waals surface area contributed by atoms with E-state index in [1.807, 2.05) is 0 Å². The van der Waals surface area contributed by atoms with Gasteiger partial charge in [-0.3, -0.25) is 4.79 Å². The molecule has 0 aliphatic heterocycles. The maximum atomic E-state index is 12.2. The summed E-state index contributed by atoms with van der Waals surface area (Å²) in [5.74, 6) is -0.696. The van der Waals surface area contributed by atoms with Gasteiger partial charge < -0.3 is 16.2 Å². The normalized spacial score (nSPS) is 12.2. The maximum Gasteiger partial charge on any atom is 0.245 e. The van der Waals surface area contributed by atoms with Crippen molar-refractivity contribution in [3.8, 4) is 5.75 Å². The van der Waals surface area contributed by atoms with Crippen molar-refractivity contribution in [3.63, 3.8) is 0 Å². The molecule has 1 rings (SSSR count). The number of nitrogens with two attached hydrogens (primary N) is 2. The van der Waals surface area contributed by atoms with Crippen molar-refractivity contribution < 1.29 is 17.9 Å². The van der Waals surface area contributed by atoms with Gasteiger partial charge in [0.15, 0.2) is 0 Å². The molecule has 0 saturated heterocycles. The van der Waals surface area contributed by atoms with Crippen molar-refractivity contribution in [2.45, 2.75) is 24.3 Å². The summed E-state index contributed by atoms with van der Waals surface area (Å²) < 4.78 is 31.6. The molecule has 1 aromatic rings. The van der Waals surface area contributed by atoms with E-state index in [-0.39, 0.29) is 10.6 Å². The molecule has 1 aromatic carbocycles. The molecule has 0 atom stereocenters.